The predicted octanol–water partition coefficient (Wildman–Crippen LogP) is 3.57. The summed E-state index contributed by atoms with van der Waals surface area (Å²) < 4.78 is 11.0. The summed E-state index contributed by atoms with van der Waals surface area (Å²) in [7, 11) is -1.84. The van der Waals surface area contributed by atoms with Crippen LogP contribution in [0.5, 0.6) is 5.75 Å². The molecule has 0 bridgehead atoms. The topological polar surface area (TPSA) is 48.4 Å². The van der Waals surface area contributed by atoms with Crippen LogP contribution in [0.3, 0.4) is 0 Å². The number of pyridine rings is 1. The van der Waals surface area contributed by atoms with Crippen molar-refractivity contribution in [3.05, 3.63) is 24.0 Å². The SMILES string of the molecule is CCOC(=O)Cc1ccc(O[Si](C)(C)C(C)(C)C)cn1. The fraction of sp³-hybridized carbons (Fsp3) is 0.600. The van der Waals surface area contributed by atoms with E-state index in [1.165, 1.54) is 0 Å². The van der Waals surface area contributed by atoms with E-state index in [4.69, 9.17) is 9.16 Å². The molecule has 112 valence electrons. The Morgan fingerprint density at radius 1 is 1.30 bits per heavy atom. The van der Waals surface area contributed by atoms with Crippen LogP contribution in [0.25, 0.3) is 0 Å². The van der Waals surface area contributed by atoms with Crippen LogP contribution in [0.2, 0.25) is 18.1 Å². The normalized spacial score (nSPS) is 12.1. The summed E-state index contributed by atoms with van der Waals surface area (Å²) in [5.41, 5.74) is 0.700. The van der Waals surface area contributed by atoms with Gasteiger partial charge in [0.2, 0.25) is 0 Å². The van der Waals surface area contributed by atoms with Gasteiger partial charge in [-0.1, -0.05) is 20.8 Å². The second kappa shape index (κ2) is 6.39. The van der Waals surface area contributed by atoms with E-state index in [1.54, 1.807) is 13.1 Å². The number of aromatic nitrogens is 1. The molecule has 0 aliphatic carbocycles. The van der Waals surface area contributed by atoms with Gasteiger partial charge in [0.1, 0.15) is 5.75 Å². The molecule has 4 nitrogen and oxygen atoms in total. The zero-order chi connectivity index (χ0) is 15.4. The molecule has 0 saturated carbocycles. The Balaban J connectivity index is 2.70. The van der Waals surface area contributed by atoms with Gasteiger partial charge in [-0.3, -0.25) is 9.78 Å². The van der Waals surface area contributed by atoms with Crippen LogP contribution < -0.4 is 4.43 Å². The molecule has 0 aromatic carbocycles. The fourth-order valence-electron chi connectivity index (χ4n) is 1.38. The Morgan fingerprint density at radius 3 is 2.40 bits per heavy atom. The number of hydrogen-bond donors (Lipinski definition) is 0. The van der Waals surface area contributed by atoms with Crippen molar-refractivity contribution in [2.24, 2.45) is 0 Å². The van der Waals surface area contributed by atoms with Crippen molar-refractivity contribution in [3.8, 4) is 5.75 Å². The monoisotopic (exact) mass is 295 g/mol. The highest BCUT2D eigenvalue weighted by Crippen LogP contribution is 2.37. The molecule has 20 heavy (non-hydrogen) atoms. The number of rotatable bonds is 5. The van der Waals surface area contributed by atoms with Crippen molar-refractivity contribution in [1.29, 1.82) is 0 Å². The number of hydrogen-bond acceptors (Lipinski definition) is 4. The average molecular weight is 295 g/mol. The smallest absolute Gasteiger partial charge is 0.311 e. The van der Waals surface area contributed by atoms with Crippen molar-refractivity contribution >= 4 is 14.3 Å². The van der Waals surface area contributed by atoms with Crippen LogP contribution in [0.4, 0.5) is 0 Å². The van der Waals surface area contributed by atoms with Gasteiger partial charge in [-0.25, -0.2) is 0 Å². The lowest BCUT2D eigenvalue weighted by molar-refractivity contribution is -0.142. The van der Waals surface area contributed by atoms with E-state index >= 15 is 0 Å². The van der Waals surface area contributed by atoms with Gasteiger partial charge in [0.15, 0.2) is 0 Å². The maximum absolute atomic E-state index is 11.4. The Bertz CT molecular complexity index is 449. The third-order valence-electron chi connectivity index (χ3n) is 3.61. The number of carbonyl (C=O) groups is 1. The first-order valence-electron chi connectivity index (χ1n) is 6.95. The molecule has 0 atom stereocenters. The van der Waals surface area contributed by atoms with E-state index < -0.39 is 8.32 Å². The van der Waals surface area contributed by atoms with E-state index in [2.05, 4.69) is 38.8 Å². The first kappa shape index (κ1) is 16.7. The maximum Gasteiger partial charge on any atom is 0.311 e. The van der Waals surface area contributed by atoms with Crippen LogP contribution in [-0.2, 0) is 16.0 Å². The molecule has 0 aliphatic heterocycles. The molecule has 0 aliphatic rings. The quantitative estimate of drug-likeness (QED) is 0.615. The summed E-state index contributed by atoms with van der Waals surface area (Å²) in [5.74, 6) is 0.516. The molecule has 1 aromatic rings. The second-order valence-corrected chi connectivity index (χ2v) is 11.1. The van der Waals surface area contributed by atoms with Crippen LogP contribution in [0.1, 0.15) is 33.4 Å². The summed E-state index contributed by atoms with van der Waals surface area (Å²) >= 11 is 0. The van der Waals surface area contributed by atoms with Gasteiger partial charge in [-0.2, -0.15) is 0 Å². The molecule has 1 aromatic heterocycles. The summed E-state index contributed by atoms with van der Waals surface area (Å²) in [6.45, 7) is 13.2. The zero-order valence-corrected chi connectivity index (χ0v) is 14.3. The second-order valence-electron chi connectivity index (χ2n) is 6.33. The zero-order valence-electron chi connectivity index (χ0n) is 13.3. The van der Waals surface area contributed by atoms with Gasteiger partial charge in [0.25, 0.3) is 8.32 Å². The molecule has 1 heterocycles. The van der Waals surface area contributed by atoms with Gasteiger partial charge in [0.05, 0.1) is 24.9 Å². The Labute approximate surface area is 122 Å². The van der Waals surface area contributed by atoms with Crippen molar-refractivity contribution in [3.63, 3.8) is 0 Å². The Kier molecular flexibility index (Phi) is 5.33. The third-order valence-corrected chi connectivity index (χ3v) is 7.97. The Morgan fingerprint density at radius 2 is 1.95 bits per heavy atom. The van der Waals surface area contributed by atoms with Crippen LogP contribution in [0.15, 0.2) is 18.3 Å². The van der Waals surface area contributed by atoms with Crippen molar-refractivity contribution in [1.82, 2.24) is 4.98 Å². The van der Waals surface area contributed by atoms with Crippen LogP contribution in [0, 0.1) is 0 Å². The van der Waals surface area contributed by atoms with Crippen molar-refractivity contribution in [2.45, 2.75) is 52.2 Å². The van der Waals surface area contributed by atoms with Gasteiger partial charge in [0, 0.05) is 0 Å². The summed E-state index contributed by atoms with van der Waals surface area (Å²) in [6.07, 6.45) is 1.89. The number of nitrogens with zero attached hydrogens (tertiary/aromatic N) is 1. The maximum atomic E-state index is 11.4. The minimum absolute atomic E-state index is 0.149. The van der Waals surface area contributed by atoms with E-state index in [9.17, 15) is 4.79 Å². The van der Waals surface area contributed by atoms with Gasteiger partial charge < -0.3 is 9.16 Å². The Hall–Kier alpha value is -1.36. The van der Waals surface area contributed by atoms with Crippen LogP contribution in [-0.4, -0.2) is 25.9 Å². The molecule has 0 saturated heterocycles. The first-order valence-corrected chi connectivity index (χ1v) is 9.86. The van der Waals surface area contributed by atoms with E-state index in [0.29, 0.717) is 12.3 Å². The molecule has 0 fully saturated rings. The minimum atomic E-state index is -1.84. The fourth-order valence-corrected chi connectivity index (χ4v) is 2.40. The van der Waals surface area contributed by atoms with Gasteiger partial charge in [-0.15, -0.1) is 0 Å². The molecule has 0 radical (unpaired) electrons. The van der Waals surface area contributed by atoms with Crippen molar-refractivity contribution in [2.75, 3.05) is 6.61 Å². The molecule has 0 N–H and O–H groups in total. The summed E-state index contributed by atoms with van der Waals surface area (Å²) in [6, 6.07) is 3.70. The first-order chi connectivity index (χ1) is 9.15. The molecule has 1 rings (SSSR count). The standard InChI is InChI=1S/C15H25NO3Si/c1-7-18-14(17)10-12-8-9-13(11-16-12)19-20(5,6)15(2,3)4/h8-9,11H,7,10H2,1-6H3. The van der Waals surface area contributed by atoms with E-state index in [0.717, 1.165) is 5.75 Å². The van der Waals surface area contributed by atoms with Crippen molar-refractivity contribution < 1.29 is 14.0 Å². The number of carbonyl (C=O) groups excluding carboxylic acids is 1. The highest BCUT2D eigenvalue weighted by molar-refractivity contribution is 6.74. The lowest BCUT2D eigenvalue weighted by Crippen LogP contribution is -2.43. The average Bonchev–Trinajstić information content (AvgIpc) is 2.30. The number of esters is 1. The molecular weight excluding hydrogens is 270 g/mol. The molecular formula is C15H25NO3Si. The summed E-state index contributed by atoms with van der Waals surface area (Å²) in [4.78, 5) is 15.6. The molecule has 5 heteroatoms. The van der Waals surface area contributed by atoms with Gasteiger partial charge in [-0.05, 0) is 37.2 Å². The van der Waals surface area contributed by atoms with E-state index in [-0.39, 0.29) is 17.4 Å². The lowest BCUT2D eigenvalue weighted by atomic mass is 10.2. The molecule has 0 amide bonds. The minimum Gasteiger partial charge on any atom is -0.542 e. The predicted molar refractivity (Wildman–Crippen MR) is 82.4 cm³/mol. The highest BCUT2D eigenvalue weighted by atomic mass is 28.4. The van der Waals surface area contributed by atoms with E-state index in [1.807, 2.05) is 12.1 Å². The highest BCUT2D eigenvalue weighted by Gasteiger charge is 2.38. The third kappa shape index (κ3) is 4.63. The van der Waals surface area contributed by atoms with Crippen LogP contribution >= 0.6 is 0 Å². The van der Waals surface area contributed by atoms with Gasteiger partial charge >= 0.3 is 5.97 Å². The number of ether oxygens (including phenoxy) is 1. The summed E-state index contributed by atoms with van der Waals surface area (Å²) in [5, 5.41) is 0.149. The lowest BCUT2D eigenvalue weighted by Gasteiger charge is -2.36. The molecule has 0 spiro atoms. The molecule has 0 unspecified atom stereocenters. The largest absolute Gasteiger partial charge is 0.542 e.